The lowest BCUT2D eigenvalue weighted by molar-refractivity contribution is -0.138. The van der Waals surface area contributed by atoms with Crippen LogP contribution in [0.25, 0.3) is 10.9 Å². The first kappa shape index (κ1) is 41.0. The number of rotatable bonds is 9. The van der Waals surface area contributed by atoms with Crippen molar-refractivity contribution in [2.45, 2.75) is 150 Å². The van der Waals surface area contributed by atoms with Crippen LogP contribution < -0.4 is 10.1 Å². The maximum absolute atomic E-state index is 14.7. The molecule has 1 aliphatic rings. The molecule has 13 heteroatoms. The van der Waals surface area contributed by atoms with Crippen LogP contribution in [0.4, 0.5) is 18.0 Å². The highest BCUT2D eigenvalue weighted by Gasteiger charge is 2.43. The SMILES string of the molecule is CC(C)(C)OC(=O)NC(C)(COP(=O)(OC(C)(C)C)OC(C)(C)C)c1ccc2c(C(F)(F)F)c(OC3CCC(C(C)(C)C)CC3)ccc2n1. The molecular formula is C36H56F3N2O7P. The van der Waals surface area contributed by atoms with Gasteiger partial charge in [-0.3, -0.25) is 18.6 Å². The molecule has 0 spiro atoms. The number of aromatic nitrogens is 1. The van der Waals surface area contributed by atoms with Gasteiger partial charge in [0, 0.05) is 5.39 Å². The van der Waals surface area contributed by atoms with E-state index in [0.29, 0.717) is 18.8 Å². The van der Waals surface area contributed by atoms with Crippen LogP contribution in [0.1, 0.15) is 127 Å². The Morgan fingerprint density at radius 2 is 1.37 bits per heavy atom. The minimum atomic E-state index is -4.73. The fourth-order valence-electron chi connectivity index (χ4n) is 5.76. The molecular weight excluding hydrogens is 660 g/mol. The van der Waals surface area contributed by atoms with Gasteiger partial charge in [-0.05, 0) is 124 Å². The summed E-state index contributed by atoms with van der Waals surface area (Å²) in [5.74, 6) is 0.238. The van der Waals surface area contributed by atoms with E-state index in [-0.39, 0.29) is 33.9 Å². The minimum Gasteiger partial charge on any atom is -0.490 e. The van der Waals surface area contributed by atoms with Crippen LogP contribution in [-0.4, -0.2) is 40.6 Å². The van der Waals surface area contributed by atoms with E-state index >= 15 is 0 Å². The van der Waals surface area contributed by atoms with Crippen molar-refractivity contribution in [1.29, 1.82) is 0 Å². The van der Waals surface area contributed by atoms with Crippen molar-refractivity contribution in [3.8, 4) is 5.75 Å². The standard InChI is InChI=1S/C36H56F3N2O7P/c1-31(2,3)23-14-16-24(17-15-23)45-27-20-19-26-25(29(27)36(37,38)39)18-21-28(40-26)35(13,41-30(42)46-32(4,5)6)22-44-49(43,47-33(7,8)9)48-34(10,11)12/h18-21,23-24H,14-17,22H2,1-13H3,(H,41,42). The second-order valence-electron chi connectivity index (χ2n) is 17.2. The fraction of sp³-hybridized carbons (Fsp3) is 0.722. The number of ether oxygens (including phenoxy) is 2. The predicted molar refractivity (Wildman–Crippen MR) is 185 cm³/mol. The van der Waals surface area contributed by atoms with Gasteiger partial charge in [-0.1, -0.05) is 26.8 Å². The highest BCUT2D eigenvalue weighted by Crippen LogP contribution is 2.56. The summed E-state index contributed by atoms with van der Waals surface area (Å²) in [4.78, 5) is 17.6. The Labute approximate surface area is 290 Å². The summed E-state index contributed by atoms with van der Waals surface area (Å²) in [5.41, 5.74) is -4.94. The molecule has 1 N–H and O–H groups in total. The number of phosphoric ester groups is 1. The molecule has 1 amide bonds. The Kier molecular flexibility index (Phi) is 12.0. The molecule has 1 aliphatic carbocycles. The predicted octanol–water partition coefficient (Wildman–Crippen LogP) is 10.7. The maximum atomic E-state index is 14.7. The van der Waals surface area contributed by atoms with Gasteiger partial charge in [0.2, 0.25) is 0 Å². The first-order valence-electron chi connectivity index (χ1n) is 16.8. The van der Waals surface area contributed by atoms with Gasteiger partial charge in [0.15, 0.2) is 0 Å². The third-order valence-electron chi connectivity index (χ3n) is 7.93. The number of amides is 1. The number of carbonyl (C=O) groups is 1. The number of phosphoric acid groups is 1. The fourth-order valence-corrected chi connectivity index (χ4v) is 7.66. The number of nitrogens with zero attached hydrogens (tertiary/aromatic N) is 1. The van der Waals surface area contributed by atoms with Crippen LogP contribution in [0.3, 0.4) is 0 Å². The van der Waals surface area contributed by atoms with Crippen molar-refractivity contribution in [2.75, 3.05) is 6.61 Å². The molecule has 3 rings (SSSR count). The molecule has 0 aliphatic heterocycles. The van der Waals surface area contributed by atoms with Gasteiger partial charge in [0.25, 0.3) is 0 Å². The maximum Gasteiger partial charge on any atom is 0.475 e. The Hall–Kier alpha value is -2.40. The van der Waals surface area contributed by atoms with E-state index in [1.54, 1.807) is 69.2 Å². The Balaban J connectivity index is 2.05. The number of hydrogen-bond acceptors (Lipinski definition) is 8. The zero-order chi connectivity index (χ0) is 37.4. The number of hydrogen-bond donors (Lipinski definition) is 1. The van der Waals surface area contributed by atoms with Crippen LogP contribution in [0.5, 0.6) is 5.75 Å². The lowest BCUT2D eigenvalue weighted by Gasteiger charge is -2.37. The van der Waals surface area contributed by atoms with Gasteiger partial charge in [0.05, 0.1) is 35.1 Å². The highest BCUT2D eigenvalue weighted by atomic mass is 31.2. The van der Waals surface area contributed by atoms with Crippen molar-refractivity contribution >= 4 is 24.8 Å². The van der Waals surface area contributed by atoms with Gasteiger partial charge < -0.3 is 14.8 Å². The van der Waals surface area contributed by atoms with Gasteiger partial charge >= 0.3 is 20.1 Å². The molecule has 1 unspecified atom stereocenters. The monoisotopic (exact) mass is 716 g/mol. The smallest absolute Gasteiger partial charge is 0.475 e. The van der Waals surface area contributed by atoms with E-state index in [1.807, 2.05) is 0 Å². The van der Waals surface area contributed by atoms with Crippen LogP contribution in [0.15, 0.2) is 24.3 Å². The Morgan fingerprint density at radius 1 is 0.816 bits per heavy atom. The van der Waals surface area contributed by atoms with E-state index in [1.165, 1.54) is 24.3 Å². The third-order valence-corrected chi connectivity index (χ3v) is 9.92. The van der Waals surface area contributed by atoms with Crippen molar-refractivity contribution < 1.29 is 45.6 Å². The van der Waals surface area contributed by atoms with Crippen molar-refractivity contribution in [2.24, 2.45) is 11.3 Å². The van der Waals surface area contributed by atoms with Crippen LogP contribution in [0.2, 0.25) is 0 Å². The summed E-state index contributed by atoms with van der Waals surface area (Å²) in [7, 11) is -4.26. The molecule has 1 aromatic carbocycles. The largest absolute Gasteiger partial charge is 0.490 e. The normalized spacial score (nSPS) is 19.8. The number of halogens is 3. The number of pyridine rings is 1. The molecule has 0 radical (unpaired) electrons. The number of nitrogens with one attached hydrogen (secondary N) is 1. The summed E-state index contributed by atoms with van der Waals surface area (Å²) in [6, 6.07) is 5.44. The van der Waals surface area contributed by atoms with Crippen LogP contribution >= 0.6 is 7.82 Å². The first-order valence-corrected chi connectivity index (χ1v) is 18.3. The van der Waals surface area contributed by atoms with Gasteiger partial charge in [-0.15, -0.1) is 0 Å². The van der Waals surface area contributed by atoms with Crippen molar-refractivity contribution in [3.63, 3.8) is 0 Å². The number of alkyl halides is 3. The molecule has 9 nitrogen and oxygen atoms in total. The third kappa shape index (κ3) is 12.1. The molecule has 1 saturated carbocycles. The van der Waals surface area contributed by atoms with Gasteiger partial charge in [-0.25, -0.2) is 9.36 Å². The van der Waals surface area contributed by atoms with Crippen molar-refractivity contribution in [3.05, 3.63) is 35.5 Å². The number of carbonyl (C=O) groups excluding carboxylic acids is 1. The van der Waals surface area contributed by atoms with E-state index < -0.39 is 54.6 Å². The molecule has 49 heavy (non-hydrogen) atoms. The topological polar surface area (TPSA) is 105 Å². The summed E-state index contributed by atoms with van der Waals surface area (Å²) >= 11 is 0. The lowest BCUT2D eigenvalue weighted by Crippen LogP contribution is -2.49. The van der Waals surface area contributed by atoms with E-state index in [0.717, 1.165) is 12.8 Å². The molecule has 0 saturated heterocycles. The van der Waals surface area contributed by atoms with E-state index in [2.05, 4.69) is 31.1 Å². The second-order valence-corrected chi connectivity index (χ2v) is 18.8. The van der Waals surface area contributed by atoms with E-state index in [9.17, 15) is 22.5 Å². The van der Waals surface area contributed by atoms with Gasteiger partial charge in [0.1, 0.15) is 22.5 Å². The van der Waals surface area contributed by atoms with Crippen LogP contribution in [0, 0.1) is 11.3 Å². The summed E-state index contributed by atoms with van der Waals surface area (Å²) in [6.07, 6.45) is -2.80. The number of benzene rings is 1. The molecule has 278 valence electrons. The molecule has 0 bridgehead atoms. The van der Waals surface area contributed by atoms with E-state index in [4.69, 9.17) is 23.0 Å². The summed E-state index contributed by atoms with van der Waals surface area (Å²) in [5, 5.41) is 2.57. The quantitative estimate of drug-likeness (QED) is 0.256. The first-order chi connectivity index (χ1) is 22.0. The Morgan fingerprint density at radius 3 is 1.84 bits per heavy atom. The average Bonchev–Trinajstić information content (AvgIpc) is 2.87. The lowest BCUT2D eigenvalue weighted by atomic mass is 9.72. The zero-order valence-electron chi connectivity index (χ0n) is 31.4. The summed E-state index contributed by atoms with van der Waals surface area (Å²) < 4.78 is 86.8. The number of alkyl carbamates (subject to hydrolysis) is 1. The minimum absolute atomic E-state index is 0.0193. The summed E-state index contributed by atoms with van der Waals surface area (Å²) in [6.45, 7) is 22.8. The second kappa shape index (κ2) is 14.3. The molecule has 1 fully saturated rings. The number of fused-ring (bicyclic) bond motifs is 1. The van der Waals surface area contributed by atoms with Crippen LogP contribution in [-0.2, 0) is 34.6 Å². The average molecular weight is 717 g/mol. The zero-order valence-corrected chi connectivity index (χ0v) is 32.3. The molecule has 2 aromatic rings. The molecule has 1 heterocycles. The Bertz CT molecular complexity index is 1490. The molecule has 1 atom stereocenters. The van der Waals surface area contributed by atoms with Crippen molar-refractivity contribution in [1.82, 2.24) is 10.3 Å². The van der Waals surface area contributed by atoms with Gasteiger partial charge in [-0.2, -0.15) is 13.2 Å². The molecule has 1 aromatic heterocycles. The highest BCUT2D eigenvalue weighted by molar-refractivity contribution is 7.48.